The molecule has 2 bridgehead atoms. The van der Waals surface area contributed by atoms with Gasteiger partial charge in [0.25, 0.3) is 0 Å². The van der Waals surface area contributed by atoms with Gasteiger partial charge in [-0.25, -0.2) is 14.6 Å². The molecule has 0 saturated carbocycles. The van der Waals surface area contributed by atoms with Crippen molar-refractivity contribution in [1.82, 2.24) is 4.90 Å². The van der Waals surface area contributed by atoms with E-state index in [0.717, 1.165) is 38.0 Å². The lowest BCUT2D eigenvalue weighted by Gasteiger charge is -2.44. The number of nitrogens with one attached hydrogen (secondary N) is 1. The third-order valence-electron chi connectivity index (χ3n) is 9.16. The number of nitrogens with zero attached hydrogens (tertiary/aromatic N) is 2. The van der Waals surface area contributed by atoms with E-state index in [1.54, 1.807) is 79.0 Å². The highest BCUT2D eigenvalue weighted by atomic mass is 35.5. The maximum Gasteiger partial charge on any atom is 0.414 e. The number of hydrogen-bond acceptors (Lipinski definition) is 8. The first kappa shape index (κ1) is 37.2. The van der Waals surface area contributed by atoms with E-state index < -0.39 is 18.2 Å². The van der Waals surface area contributed by atoms with Gasteiger partial charge in [-0.15, -0.1) is 0 Å². The lowest BCUT2D eigenvalue weighted by molar-refractivity contribution is -0.377. The topological polar surface area (TPSA) is 122 Å². The smallest absolute Gasteiger partial charge is 0.414 e. The molecular weight excluding hydrogens is 705 g/mol. The maximum absolute atomic E-state index is 13.7. The Bertz CT molecular complexity index is 1780. The molecule has 3 aliphatic rings. The molecule has 4 heterocycles. The molecule has 264 valence electrons. The Morgan fingerprint density at radius 1 is 0.900 bits per heavy atom. The number of carbonyl (C=O) groups excluding carboxylic acids is 2. The molecule has 0 radical (unpaired) electrons. The number of benzene rings is 3. The highest BCUT2D eigenvalue weighted by Gasteiger charge is 2.37. The van der Waals surface area contributed by atoms with E-state index in [1.807, 2.05) is 12.1 Å². The van der Waals surface area contributed by atoms with Crippen LogP contribution in [0.3, 0.4) is 0 Å². The zero-order chi connectivity index (χ0) is 34.5. The van der Waals surface area contributed by atoms with Crippen LogP contribution in [-0.2, 0) is 22.4 Å². The molecule has 7 rings (SSSR count). The second-order valence-electron chi connectivity index (χ2n) is 12.1. The number of esters is 1. The number of anilines is 1. The minimum Gasteiger partial charge on any atom is -0.870 e. The van der Waals surface area contributed by atoms with E-state index in [0.29, 0.717) is 54.9 Å². The Kier molecular flexibility index (Phi) is 12.5. The van der Waals surface area contributed by atoms with Crippen molar-refractivity contribution < 1.29 is 39.0 Å². The van der Waals surface area contributed by atoms with Crippen LogP contribution in [0.1, 0.15) is 46.0 Å². The first-order chi connectivity index (χ1) is 23.7. The largest absolute Gasteiger partial charge is 0.870 e. The van der Waals surface area contributed by atoms with Crippen LogP contribution in [0.25, 0.3) is 0 Å². The van der Waals surface area contributed by atoms with Crippen molar-refractivity contribution in [3.05, 3.63) is 116 Å². The maximum atomic E-state index is 13.7. The Balaban J connectivity index is 0.00000486. The minimum atomic E-state index is -0.763. The number of methoxy groups -OCH3 is 2. The normalized spacial score (nSPS) is 18.4. The monoisotopic (exact) mass is 741 g/mol. The Morgan fingerprint density at radius 2 is 1.58 bits per heavy atom. The summed E-state index contributed by atoms with van der Waals surface area (Å²) in [5.41, 5.74) is 2.94. The van der Waals surface area contributed by atoms with Crippen LogP contribution < -0.4 is 19.4 Å². The molecule has 1 aromatic heterocycles. The van der Waals surface area contributed by atoms with Crippen LogP contribution in [0.2, 0.25) is 15.1 Å². The highest BCUT2D eigenvalue weighted by Crippen LogP contribution is 2.36. The number of piperidine rings is 3. The second-order valence-corrected chi connectivity index (χ2v) is 13.4. The summed E-state index contributed by atoms with van der Waals surface area (Å²) in [5.74, 6) is 0.836. The number of amides is 1. The Hall–Kier alpha value is -4.06. The van der Waals surface area contributed by atoms with Gasteiger partial charge in [-0.1, -0.05) is 65.1 Å². The molecule has 3 fully saturated rings. The molecule has 0 unspecified atom stereocenters. The number of ether oxygens (including phenoxy) is 4. The van der Waals surface area contributed by atoms with Gasteiger partial charge in [0.15, 0.2) is 23.9 Å². The van der Waals surface area contributed by atoms with Crippen molar-refractivity contribution in [3.8, 4) is 11.5 Å². The van der Waals surface area contributed by atoms with Gasteiger partial charge in [-0.05, 0) is 79.4 Å². The first-order valence-corrected chi connectivity index (χ1v) is 17.2. The van der Waals surface area contributed by atoms with Crippen LogP contribution >= 0.6 is 34.8 Å². The van der Waals surface area contributed by atoms with Gasteiger partial charge in [0.2, 0.25) is 0 Å². The summed E-state index contributed by atoms with van der Waals surface area (Å²) in [6.45, 7) is 3.02. The summed E-state index contributed by atoms with van der Waals surface area (Å²) in [6.07, 6.45) is 4.12. The van der Waals surface area contributed by atoms with E-state index in [4.69, 9.17) is 53.8 Å². The number of hydrogen-bond donors (Lipinski definition) is 0. The molecule has 50 heavy (non-hydrogen) atoms. The average molecular weight is 743 g/mol. The van der Waals surface area contributed by atoms with Crippen molar-refractivity contribution in [1.29, 1.82) is 0 Å². The first-order valence-electron chi connectivity index (χ1n) is 16.0. The lowest BCUT2D eigenvalue weighted by Crippen LogP contribution is -2.53. The summed E-state index contributed by atoms with van der Waals surface area (Å²) in [5, 5.41) is 1.26. The molecule has 3 aromatic carbocycles. The minimum absolute atomic E-state index is 0. The van der Waals surface area contributed by atoms with Crippen molar-refractivity contribution in [2.75, 3.05) is 38.8 Å². The van der Waals surface area contributed by atoms with Crippen LogP contribution in [0.15, 0.2) is 79.1 Å². The fourth-order valence-electron chi connectivity index (χ4n) is 6.42. The standard InChI is InChI=1S/C37H36Cl3N3O6.H2O/c1-46-32-12-11-26(17-34(32)47-2)33(18-27-29(39)19-41-20-30(27)40)48-36(44)25-9-7-23(8-10-25)21-43(31-6-4-3-5-28(31)38)37(45)49-35-22-42-15-13-24(35)14-16-42;/h3-12,17,19-20,24,33,35H,13-16,18,21-22H2,1-2H3;1H2/t33-,35-;/m0./s1. The number of carbonyl (C=O) groups is 2. The third kappa shape index (κ3) is 8.45. The number of H-pyrrole nitrogens is 1. The zero-order valence-corrected chi connectivity index (χ0v) is 29.9. The van der Waals surface area contributed by atoms with Gasteiger partial charge in [0.05, 0.1) is 37.0 Å². The molecule has 10 nitrogen and oxygen atoms in total. The number of aromatic amines is 1. The predicted octanol–water partition coefficient (Wildman–Crippen LogP) is 7.68. The second kappa shape index (κ2) is 16.8. The van der Waals surface area contributed by atoms with Gasteiger partial charge in [0, 0.05) is 18.5 Å². The van der Waals surface area contributed by atoms with Crippen molar-refractivity contribution in [2.24, 2.45) is 5.92 Å². The molecular formula is C37H38Cl3N3O7. The molecule has 3 aliphatic heterocycles. The van der Waals surface area contributed by atoms with E-state index in [2.05, 4.69) is 9.88 Å². The van der Waals surface area contributed by atoms with Gasteiger partial charge in [-0.2, -0.15) is 0 Å². The summed E-state index contributed by atoms with van der Waals surface area (Å²) in [4.78, 5) is 34.1. The van der Waals surface area contributed by atoms with E-state index in [-0.39, 0.29) is 24.5 Å². The third-order valence-corrected chi connectivity index (χ3v) is 10.2. The molecule has 1 amide bonds. The lowest BCUT2D eigenvalue weighted by atomic mass is 9.86. The number of aromatic nitrogens is 1. The molecule has 0 spiro atoms. The number of para-hydroxylation sites is 1. The van der Waals surface area contributed by atoms with Gasteiger partial charge < -0.3 is 24.4 Å². The zero-order valence-electron chi connectivity index (χ0n) is 27.6. The summed E-state index contributed by atoms with van der Waals surface area (Å²) < 4.78 is 23.1. The SMILES string of the molecule is COc1ccc([C@H](Cc2c(Cl)c[nH+]cc2Cl)OC(=O)c2ccc(CN(C(=O)O[C@H]3CN4CCC3CC4)c3ccccc3Cl)cc2)cc1OC.[OH-]. The van der Waals surface area contributed by atoms with Crippen LogP contribution in [0.4, 0.5) is 10.5 Å². The number of pyridine rings is 1. The Labute approximate surface area is 306 Å². The number of halogens is 3. The van der Waals surface area contributed by atoms with Crippen molar-refractivity contribution in [2.45, 2.75) is 38.0 Å². The molecule has 4 aromatic rings. The fraction of sp³-hybridized carbons (Fsp3) is 0.324. The Morgan fingerprint density at radius 3 is 2.20 bits per heavy atom. The average Bonchev–Trinajstić information content (AvgIpc) is 3.12. The van der Waals surface area contributed by atoms with Crippen molar-refractivity contribution >= 4 is 52.6 Å². The highest BCUT2D eigenvalue weighted by molar-refractivity contribution is 6.35. The van der Waals surface area contributed by atoms with Gasteiger partial charge >= 0.3 is 12.1 Å². The summed E-state index contributed by atoms with van der Waals surface area (Å²) in [7, 11) is 3.09. The molecule has 13 heteroatoms. The van der Waals surface area contributed by atoms with Crippen LogP contribution in [-0.4, -0.2) is 62.4 Å². The fourth-order valence-corrected chi connectivity index (χ4v) is 7.19. The van der Waals surface area contributed by atoms with Gasteiger partial charge in [-0.3, -0.25) is 9.80 Å². The van der Waals surface area contributed by atoms with E-state index >= 15 is 0 Å². The van der Waals surface area contributed by atoms with Crippen LogP contribution in [0.5, 0.6) is 11.5 Å². The molecule has 0 aliphatic carbocycles. The van der Waals surface area contributed by atoms with Crippen LogP contribution in [0, 0.1) is 5.92 Å². The quantitative estimate of drug-likeness (QED) is 0.144. The van der Waals surface area contributed by atoms with E-state index in [9.17, 15) is 9.59 Å². The van der Waals surface area contributed by atoms with Gasteiger partial charge in [0.1, 0.15) is 22.3 Å². The summed E-state index contributed by atoms with van der Waals surface area (Å²) in [6, 6.07) is 19.4. The molecule has 3 saturated heterocycles. The summed E-state index contributed by atoms with van der Waals surface area (Å²) >= 11 is 19.5. The molecule has 2 N–H and O–H groups in total. The molecule has 2 atom stereocenters. The predicted molar refractivity (Wildman–Crippen MR) is 190 cm³/mol. The number of fused-ring (bicyclic) bond motifs is 3. The number of rotatable bonds is 11. The van der Waals surface area contributed by atoms with E-state index in [1.165, 1.54) is 7.11 Å². The van der Waals surface area contributed by atoms with Crippen molar-refractivity contribution in [3.63, 3.8) is 0 Å².